The molecule has 1 aromatic heterocycles. The summed E-state index contributed by atoms with van der Waals surface area (Å²) in [7, 11) is 1.96. The summed E-state index contributed by atoms with van der Waals surface area (Å²) in [6, 6.07) is 0. The standard InChI is InChI=1S/C13H21BrN2OS/c1-4-10-12(14)11(16(3)15-10)8-13(17)6-5-7-18-9(13)2/h9,17H,4-8H2,1-3H3. The summed E-state index contributed by atoms with van der Waals surface area (Å²) in [4.78, 5) is 0. The van der Waals surface area contributed by atoms with E-state index in [2.05, 4.69) is 34.9 Å². The van der Waals surface area contributed by atoms with Gasteiger partial charge in [0, 0.05) is 18.7 Å². The Kier molecular flexibility index (Phi) is 4.44. The number of halogens is 1. The van der Waals surface area contributed by atoms with E-state index in [9.17, 15) is 5.11 Å². The Bertz CT molecular complexity index is 435. The highest BCUT2D eigenvalue weighted by molar-refractivity contribution is 9.10. The summed E-state index contributed by atoms with van der Waals surface area (Å²) in [5, 5.41) is 15.6. The highest BCUT2D eigenvalue weighted by Crippen LogP contribution is 2.37. The average molecular weight is 333 g/mol. The van der Waals surface area contributed by atoms with Crippen molar-refractivity contribution in [3.63, 3.8) is 0 Å². The van der Waals surface area contributed by atoms with E-state index < -0.39 is 5.60 Å². The van der Waals surface area contributed by atoms with Crippen LogP contribution in [0.4, 0.5) is 0 Å². The van der Waals surface area contributed by atoms with Gasteiger partial charge in [0.15, 0.2) is 0 Å². The maximum Gasteiger partial charge on any atom is 0.0818 e. The third-order valence-corrected chi connectivity index (χ3v) is 6.23. The van der Waals surface area contributed by atoms with Gasteiger partial charge in [0.1, 0.15) is 0 Å². The minimum absolute atomic E-state index is 0.290. The Balaban J connectivity index is 2.25. The summed E-state index contributed by atoms with van der Waals surface area (Å²) < 4.78 is 2.98. The topological polar surface area (TPSA) is 38.0 Å². The number of thioether (sulfide) groups is 1. The lowest BCUT2D eigenvalue weighted by atomic mass is 9.88. The van der Waals surface area contributed by atoms with Gasteiger partial charge in [0.05, 0.1) is 21.5 Å². The fourth-order valence-electron chi connectivity index (χ4n) is 2.53. The fourth-order valence-corrected chi connectivity index (χ4v) is 4.46. The van der Waals surface area contributed by atoms with Gasteiger partial charge >= 0.3 is 0 Å². The van der Waals surface area contributed by atoms with Crippen LogP contribution in [0.2, 0.25) is 0 Å². The summed E-state index contributed by atoms with van der Waals surface area (Å²) in [6.45, 7) is 4.24. The van der Waals surface area contributed by atoms with Crippen molar-refractivity contribution in [1.82, 2.24) is 9.78 Å². The van der Waals surface area contributed by atoms with Crippen molar-refractivity contribution >= 4 is 27.7 Å². The van der Waals surface area contributed by atoms with Crippen molar-refractivity contribution in [3.05, 3.63) is 15.9 Å². The van der Waals surface area contributed by atoms with E-state index in [4.69, 9.17) is 0 Å². The summed E-state index contributed by atoms with van der Waals surface area (Å²) in [6.07, 6.45) is 3.59. The van der Waals surface area contributed by atoms with Crippen molar-refractivity contribution in [1.29, 1.82) is 0 Å². The predicted molar refractivity (Wildman–Crippen MR) is 80.1 cm³/mol. The molecule has 0 bridgehead atoms. The van der Waals surface area contributed by atoms with Gasteiger partial charge in [-0.1, -0.05) is 13.8 Å². The SMILES string of the molecule is CCc1nn(C)c(CC2(O)CCCSC2C)c1Br. The highest BCUT2D eigenvalue weighted by atomic mass is 79.9. The lowest BCUT2D eigenvalue weighted by Crippen LogP contribution is -2.44. The molecule has 5 heteroatoms. The van der Waals surface area contributed by atoms with Crippen LogP contribution in [-0.2, 0) is 19.9 Å². The zero-order valence-corrected chi connectivity index (χ0v) is 13.6. The molecule has 2 unspecified atom stereocenters. The van der Waals surface area contributed by atoms with Gasteiger partial charge in [0.25, 0.3) is 0 Å². The first kappa shape index (κ1) is 14.4. The van der Waals surface area contributed by atoms with Crippen LogP contribution < -0.4 is 0 Å². The normalized spacial score (nSPS) is 28.6. The summed E-state index contributed by atoms with van der Waals surface area (Å²) >= 11 is 5.51. The molecule has 1 saturated heterocycles. The minimum Gasteiger partial charge on any atom is -0.388 e. The third-order valence-electron chi connectivity index (χ3n) is 3.86. The average Bonchev–Trinajstić information content (AvgIpc) is 2.60. The molecular weight excluding hydrogens is 312 g/mol. The first-order chi connectivity index (χ1) is 8.48. The molecule has 1 fully saturated rings. The van der Waals surface area contributed by atoms with E-state index in [1.807, 2.05) is 23.5 Å². The zero-order valence-electron chi connectivity index (χ0n) is 11.2. The van der Waals surface area contributed by atoms with Crippen LogP contribution in [0.5, 0.6) is 0 Å². The second-order valence-corrected chi connectivity index (χ2v) is 7.32. The molecule has 2 heterocycles. The van der Waals surface area contributed by atoms with Crippen LogP contribution in [0.3, 0.4) is 0 Å². The van der Waals surface area contributed by atoms with Crippen molar-refractivity contribution in [2.24, 2.45) is 7.05 Å². The maximum atomic E-state index is 10.8. The molecule has 3 nitrogen and oxygen atoms in total. The van der Waals surface area contributed by atoms with Crippen molar-refractivity contribution in [3.8, 4) is 0 Å². The fraction of sp³-hybridized carbons (Fsp3) is 0.769. The largest absolute Gasteiger partial charge is 0.388 e. The number of hydrogen-bond donors (Lipinski definition) is 1. The van der Waals surface area contributed by atoms with Crippen molar-refractivity contribution in [2.45, 2.75) is 50.4 Å². The molecular formula is C13H21BrN2OS. The van der Waals surface area contributed by atoms with Crippen LogP contribution in [0.25, 0.3) is 0 Å². The molecule has 0 radical (unpaired) electrons. The van der Waals surface area contributed by atoms with E-state index in [1.165, 1.54) is 0 Å². The smallest absolute Gasteiger partial charge is 0.0818 e. The van der Waals surface area contributed by atoms with E-state index in [0.717, 1.165) is 40.9 Å². The predicted octanol–water partition coefficient (Wildman–Crippen LogP) is 2.93. The number of aliphatic hydroxyl groups is 1. The second-order valence-electron chi connectivity index (χ2n) is 5.08. The second kappa shape index (κ2) is 5.55. The lowest BCUT2D eigenvalue weighted by molar-refractivity contribution is 0.0278. The molecule has 2 atom stereocenters. The van der Waals surface area contributed by atoms with E-state index in [0.29, 0.717) is 6.42 Å². The molecule has 18 heavy (non-hydrogen) atoms. The van der Waals surface area contributed by atoms with E-state index in [-0.39, 0.29) is 5.25 Å². The van der Waals surface area contributed by atoms with E-state index >= 15 is 0 Å². The van der Waals surface area contributed by atoms with Gasteiger partial charge in [-0.25, -0.2) is 0 Å². The zero-order chi connectivity index (χ0) is 13.3. The summed E-state index contributed by atoms with van der Waals surface area (Å²) in [5.74, 6) is 1.16. The lowest BCUT2D eigenvalue weighted by Gasteiger charge is -2.37. The number of aryl methyl sites for hydroxylation is 2. The monoisotopic (exact) mass is 332 g/mol. The number of nitrogens with zero attached hydrogens (tertiary/aromatic N) is 2. The number of aromatic nitrogens is 2. The number of hydrogen-bond acceptors (Lipinski definition) is 3. The van der Waals surface area contributed by atoms with Gasteiger partial charge in [-0.3, -0.25) is 4.68 Å². The van der Waals surface area contributed by atoms with Gasteiger partial charge in [-0.05, 0) is 40.9 Å². The molecule has 1 aliphatic rings. The molecule has 1 aromatic rings. The van der Waals surface area contributed by atoms with Gasteiger partial charge in [0.2, 0.25) is 0 Å². The first-order valence-electron chi connectivity index (χ1n) is 6.52. The van der Waals surface area contributed by atoms with Crippen LogP contribution in [0.15, 0.2) is 4.47 Å². The molecule has 0 saturated carbocycles. The molecule has 1 aliphatic heterocycles. The molecule has 0 spiro atoms. The van der Waals surface area contributed by atoms with Gasteiger partial charge < -0.3 is 5.11 Å². The molecule has 0 aromatic carbocycles. The minimum atomic E-state index is -0.593. The maximum absolute atomic E-state index is 10.8. The van der Waals surface area contributed by atoms with Crippen LogP contribution >= 0.6 is 27.7 Å². The molecule has 0 amide bonds. The van der Waals surface area contributed by atoms with E-state index in [1.54, 1.807) is 0 Å². The highest BCUT2D eigenvalue weighted by Gasteiger charge is 2.38. The Morgan fingerprint density at radius 2 is 2.33 bits per heavy atom. The Morgan fingerprint density at radius 1 is 1.61 bits per heavy atom. The first-order valence-corrected chi connectivity index (χ1v) is 8.36. The van der Waals surface area contributed by atoms with Gasteiger partial charge in [-0.2, -0.15) is 16.9 Å². The Labute approximate surface area is 121 Å². The molecule has 1 N–H and O–H groups in total. The van der Waals surface area contributed by atoms with Crippen molar-refractivity contribution < 1.29 is 5.11 Å². The number of rotatable bonds is 3. The van der Waals surface area contributed by atoms with Crippen LogP contribution in [0.1, 0.15) is 38.1 Å². The summed E-state index contributed by atoms with van der Waals surface area (Å²) in [5.41, 5.74) is 1.60. The Hall–Kier alpha value is -0.000000000000000111. The molecule has 2 rings (SSSR count). The van der Waals surface area contributed by atoms with Gasteiger partial charge in [-0.15, -0.1) is 0 Å². The quantitative estimate of drug-likeness (QED) is 0.924. The van der Waals surface area contributed by atoms with Crippen LogP contribution in [-0.4, -0.2) is 31.5 Å². The molecule has 0 aliphatic carbocycles. The van der Waals surface area contributed by atoms with Crippen LogP contribution in [0, 0.1) is 0 Å². The third kappa shape index (κ3) is 2.63. The molecule has 102 valence electrons. The Morgan fingerprint density at radius 3 is 2.89 bits per heavy atom. The van der Waals surface area contributed by atoms with Crippen molar-refractivity contribution in [2.75, 3.05) is 5.75 Å².